The summed E-state index contributed by atoms with van der Waals surface area (Å²) in [6.45, 7) is 3.61. The quantitative estimate of drug-likeness (QED) is 0.849. The molecule has 114 valence electrons. The molecule has 2 aliphatic heterocycles. The molecular formula is C18H25NO2. The summed E-state index contributed by atoms with van der Waals surface area (Å²) in [5, 5.41) is 0. The molecule has 0 aliphatic carbocycles. The minimum absolute atomic E-state index is 0.273. The van der Waals surface area contributed by atoms with E-state index in [1.807, 2.05) is 18.2 Å². The first kappa shape index (κ1) is 14.6. The molecule has 3 atom stereocenters. The van der Waals surface area contributed by atoms with Crippen LogP contribution in [0, 0.1) is 5.92 Å². The Balaban J connectivity index is 1.58. The van der Waals surface area contributed by atoms with Crippen LogP contribution in [0.25, 0.3) is 0 Å². The molecular weight excluding hydrogens is 262 g/mol. The Labute approximate surface area is 127 Å². The third-order valence-electron chi connectivity index (χ3n) is 4.77. The van der Waals surface area contributed by atoms with E-state index < -0.39 is 0 Å². The molecule has 1 aromatic carbocycles. The SMILES string of the molecule is CC1CC2CCCC(=O)N2C(COCc2ccccc2)C1. The summed E-state index contributed by atoms with van der Waals surface area (Å²) in [5.74, 6) is 1.04. The van der Waals surface area contributed by atoms with Crippen LogP contribution < -0.4 is 0 Å². The van der Waals surface area contributed by atoms with Crippen LogP contribution in [0.15, 0.2) is 30.3 Å². The van der Waals surface area contributed by atoms with Gasteiger partial charge in [-0.25, -0.2) is 0 Å². The molecule has 3 rings (SSSR count). The van der Waals surface area contributed by atoms with E-state index in [4.69, 9.17) is 4.74 Å². The molecule has 0 saturated carbocycles. The highest BCUT2D eigenvalue weighted by atomic mass is 16.5. The molecule has 0 bridgehead atoms. The zero-order chi connectivity index (χ0) is 14.7. The van der Waals surface area contributed by atoms with Gasteiger partial charge in [-0.3, -0.25) is 4.79 Å². The lowest BCUT2D eigenvalue weighted by Gasteiger charge is -2.47. The third-order valence-corrected chi connectivity index (χ3v) is 4.77. The van der Waals surface area contributed by atoms with Crippen LogP contribution in [0.4, 0.5) is 0 Å². The second-order valence-electron chi connectivity index (χ2n) is 6.58. The monoisotopic (exact) mass is 287 g/mol. The van der Waals surface area contributed by atoms with E-state index in [1.165, 1.54) is 18.4 Å². The van der Waals surface area contributed by atoms with Crippen LogP contribution in [0.2, 0.25) is 0 Å². The van der Waals surface area contributed by atoms with Crippen molar-refractivity contribution in [2.75, 3.05) is 6.61 Å². The summed E-state index contributed by atoms with van der Waals surface area (Å²) >= 11 is 0. The van der Waals surface area contributed by atoms with Gasteiger partial charge in [-0.15, -0.1) is 0 Å². The molecule has 0 spiro atoms. The Kier molecular flexibility index (Phi) is 4.59. The molecule has 0 aromatic heterocycles. The number of carbonyl (C=O) groups excluding carboxylic acids is 1. The summed E-state index contributed by atoms with van der Waals surface area (Å²) in [7, 11) is 0. The average Bonchev–Trinajstić information content (AvgIpc) is 2.48. The number of rotatable bonds is 4. The summed E-state index contributed by atoms with van der Waals surface area (Å²) in [5.41, 5.74) is 1.20. The molecule has 0 N–H and O–H groups in total. The van der Waals surface area contributed by atoms with E-state index in [-0.39, 0.29) is 6.04 Å². The number of hydrogen-bond acceptors (Lipinski definition) is 2. The van der Waals surface area contributed by atoms with Gasteiger partial charge in [0, 0.05) is 12.5 Å². The van der Waals surface area contributed by atoms with E-state index in [0.717, 1.165) is 19.3 Å². The highest BCUT2D eigenvalue weighted by molar-refractivity contribution is 5.77. The number of carbonyl (C=O) groups is 1. The van der Waals surface area contributed by atoms with Crippen molar-refractivity contribution in [3.63, 3.8) is 0 Å². The molecule has 2 aliphatic rings. The van der Waals surface area contributed by atoms with Gasteiger partial charge >= 0.3 is 0 Å². The van der Waals surface area contributed by atoms with Crippen molar-refractivity contribution >= 4 is 5.91 Å². The molecule has 3 unspecified atom stereocenters. The Hall–Kier alpha value is -1.35. The first-order valence-electron chi connectivity index (χ1n) is 8.17. The normalized spacial score (nSPS) is 29.3. The number of piperidine rings is 2. The first-order chi connectivity index (χ1) is 10.2. The van der Waals surface area contributed by atoms with Crippen molar-refractivity contribution < 1.29 is 9.53 Å². The molecule has 0 radical (unpaired) electrons. The van der Waals surface area contributed by atoms with Crippen LogP contribution in [-0.4, -0.2) is 29.5 Å². The van der Waals surface area contributed by atoms with Crippen LogP contribution in [0.1, 0.15) is 44.6 Å². The second kappa shape index (κ2) is 6.61. The number of fused-ring (bicyclic) bond motifs is 1. The van der Waals surface area contributed by atoms with E-state index in [0.29, 0.717) is 31.1 Å². The van der Waals surface area contributed by atoms with Gasteiger partial charge in [0.05, 0.1) is 19.3 Å². The van der Waals surface area contributed by atoms with Gasteiger partial charge in [-0.05, 0) is 37.2 Å². The van der Waals surface area contributed by atoms with Gasteiger partial charge in [-0.1, -0.05) is 37.3 Å². The number of hydrogen-bond donors (Lipinski definition) is 0. The predicted octanol–water partition coefficient (Wildman–Crippen LogP) is 3.38. The molecule has 1 aromatic rings. The van der Waals surface area contributed by atoms with E-state index in [9.17, 15) is 4.79 Å². The predicted molar refractivity (Wildman–Crippen MR) is 82.8 cm³/mol. The van der Waals surface area contributed by atoms with Crippen LogP contribution in [-0.2, 0) is 16.1 Å². The van der Waals surface area contributed by atoms with Crippen LogP contribution in [0.3, 0.4) is 0 Å². The van der Waals surface area contributed by atoms with Crippen molar-refractivity contribution in [1.29, 1.82) is 0 Å². The summed E-state index contributed by atoms with van der Waals surface area (Å²) in [6, 6.07) is 11.0. The maximum absolute atomic E-state index is 12.2. The third kappa shape index (κ3) is 3.46. The van der Waals surface area contributed by atoms with Gasteiger partial charge in [0.25, 0.3) is 0 Å². The van der Waals surface area contributed by atoms with Gasteiger partial charge in [0.2, 0.25) is 5.91 Å². The fourth-order valence-electron chi connectivity index (χ4n) is 3.87. The van der Waals surface area contributed by atoms with Gasteiger partial charge in [0.15, 0.2) is 0 Å². The first-order valence-corrected chi connectivity index (χ1v) is 8.17. The van der Waals surface area contributed by atoms with Crippen molar-refractivity contribution in [2.24, 2.45) is 5.92 Å². The van der Waals surface area contributed by atoms with Crippen molar-refractivity contribution in [3.8, 4) is 0 Å². The van der Waals surface area contributed by atoms with Gasteiger partial charge < -0.3 is 9.64 Å². The van der Waals surface area contributed by atoms with Crippen molar-refractivity contribution in [2.45, 2.75) is 57.7 Å². The lowest BCUT2D eigenvalue weighted by Crippen LogP contribution is -2.55. The maximum Gasteiger partial charge on any atom is 0.223 e. The topological polar surface area (TPSA) is 29.5 Å². The fraction of sp³-hybridized carbons (Fsp3) is 0.611. The average molecular weight is 287 g/mol. The summed E-state index contributed by atoms with van der Waals surface area (Å²) in [4.78, 5) is 14.4. The highest BCUT2D eigenvalue weighted by Crippen LogP contribution is 2.34. The lowest BCUT2D eigenvalue weighted by atomic mass is 9.83. The fourth-order valence-corrected chi connectivity index (χ4v) is 3.87. The molecule has 2 fully saturated rings. The van der Waals surface area contributed by atoms with E-state index in [1.54, 1.807) is 0 Å². The summed E-state index contributed by atoms with van der Waals surface area (Å²) in [6.07, 6.45) is 5.20. The number of benzene rings is 1. The summed E-state index contributed by atoms with van der Waals surface area (Å²) < 4.78 is 5.91. The minimum Gasteiger partial charge on any atom is -0.375 e. The second-order valence-corrected chi connectivity index (χ2v) is 6.58. The highest BCUT2D eigenvalue weighted by Gasteiger charge is 2.38. The van der Waals surface area contributed by atoms with Crippen molar-refractivity contribution in [1.82, 2.24) is 4.90 Å². The minimum atomic E-state index is 0.273. The number of nitrogens with zero attached hydrogens (tertiary/aromatic N) is 1. The maximum atomic E-state index is 12.2. The number of amides is 1. The molecule has 1 amide bonds. The zero-order valence-electron chi connectivity index (χ0n) is 12.8. The van der Waals surface area contributed by atoms with Gasteiger partial charge in [-0.2, -0.15) is 0 Å². The van der Waals surface area contributed by atoms with Crippen LogP contribution in [0.5, 0.6) is 0 Å². The van der Waals surface area contributed by atoms with E-state index in [2.05, 4.69) is 24.0 Å². The van der Waals surface area contributed by atoms with E-state index >= 15 is 0 Å². The van der Waals surface area contributed by atoms with Gasteiger partial charge in [0.1, 0.15) is 0 Å². The molecule has 21 heavy (non-hydrogen) atoms. The Morgan fingerprint density at radius 2 is 2.05 bits per heavy atom. The largest absolute Gasteiger partial charge is 0.375 e. The molecule has 2 saturated heterocycles. The zero-order valence-corrected chi connectivity index (χ0v) is 12.8. The van der Waals surface area contributed by atoms with Crippen molar-refractivity contribution in [3.05, 3.63) is 35.9 Å². The molecule has 2 heterocycles. The Bertz CT molecular complexity index is 473. The number of ether oxygens (including phenoxy) is 1. The molecule has 3 nitrogen and oxygen atoms in total. The Morgan fingerprint density at radius 3 is 2.86 bits per heavy atom. The smallest absolute Gasteiger partial charge is 0.223 e. The van der Waals surface area contributed by atoms with Crippen LogP contribution >= 0.6 is 0 Å². The standard InChI is InChI=1S/C18H25NO2/c1-14-10-16-8-5-9-18(20)19(16)17(11-14)13-21-12-15-6-3-2-4-7-15/h2-4,6-7,14,16-17H,5,8-13H2,1H3. The Morgan fingerprint density at radius 1 is 1.24 bits per heavy atom. The molecule has 3 heteroatoms. The lowest BCUT2D eigenvalue weighted by molar-refractivity contribution is -0.145.